The monoisotopic (exact) mass is 431 g/mol. The number of benzene rings is 2. The average molecular weight is 432 g/mol. The second kappa shape index (κ2) is 8.93. The minimum atomic E-state index is -3.60. The number of aryl methyl sites for hydroxylation is 2. The van der Waals surface area contributed by atoms with E-state index in [9.17, 15) is 23.3 Å². The van der Waals surface area contributed by atoms with Crippen LogP contribution in [0.1, 0.15) is 34.3 Å². The summed E-state index contributed by atoms with van der Waals surface area (Å²) in [5, 5.41) is 11.0. The van der Waals surface area contributed by atoms with Gasteiger partial charge in [0.05, 0.1) is 9.82 Å². The molecule has 0 bridgehead atoms. The average Bonchev–Trinajstić information content (AvgIpc) is 2.72. The summed E-state index contributed by atoms with van der Waals surface area (Å²) in [5.74, 6) is -0.193. The van der Waals surface area contributed by atoms with Gasteiger partial charge in [-0.3, -0.25) is 14.9 Å². The van der Waals surface area contributed by atoms with Crippen molar-refractivity contribution in [3.05, 3.63) is 69.3 Å². The molecule has 1 N–H and O–H groups in total. The molecule has 0 spiro atoms. The number of nitro benzene ring substituents is 1. The number of carbonyl (C=O) groups is 1. The van der Waals surface area contributed by atoms with E-state index in [-0.39, 0.29) is 29.0 Å². The van der Waals surface area contributed by atoms with Crippen LogP contribution in [-0.2, 0) is 10.0 Å². The van der Waals surface area contributed by atoms with Crippen molar-refractivity contribution < 1.29 is 18.1 Å². The van der Waals surface area contributed by atoms with Crippen LogP contribution >= 0.6 is 0 Å². The number of amides is 1. The van der Waals surface area contributed by atoms with Crippen LogP contribution in [0.4, 0.5) is 5.69 Å². The fraction of sp³-hybridized carbons (Fsp3) is 0.381. The lowest BCUT2D eigenvalue weighted by Gasteiger charge is -2.33. The van der Waals surface area contributed by atoms with Crippen molar-refractivity contribution in [3.8, 4) is 0 Å². The summed E-state index contributed by atoms with van der Waals surface area (Å²) < 4.78 is 27.7. The fourth-order valence-electron chi connectivity index (χ4n) is 3.62. The van der Waals surface area contributed by atoms with E-state index in [1.165, 1.54) is 18.2 Å². The Labute approximate surface area is 176 Å². The first kappa shape index (κ1) is 21.9. The molecule has 3 rings (SSSR count). The van der Waals surface area contributed by atoms with Gasteiger partial charge in [-0.05, 0) is 56.9 Å². The molecular formula is C21H25N3O5S. The molecule has 9 heteroatoms. The van der Waals surface area contributed by atoms with Crippen molar-refractivity contribution >= 4 is 21.6 Å². The van der Waals surface area contributed by atoms with Gasteiger partial charge in [-0.1, -0.05) is 17.7 Å². The number of nitrogens with one attached hydrogen (secondary N) is 1. The Kier molecular flexibility index (Phi) is 6.52. The Morgan fingerprint density at radius 3 is 2.53 bits per heavy atom. The van der Waals surface area contributed by atoms with Crippen molar-refractivity contribution in [2.24, 2.45) is 5.92 Å². The highest BCUT2D eigenvalue weighted by Gasteiger charge is 2.26. The first-order valence-corrected chi connectivity index (χ1v) is 11.3. The van der Waals surface area contributed by atoms with Crippen LogP contribution in [0.5, 0.6) is 0 Å². The molecule has 0 saturated carbocycles. The van der Waals surface area contributed by atoms with Crippen LogP contribution in [0, 0.1) is 29.9 Å². The second-order valence-electron chi connectivity index (χ2n) is 7.68. The van der Waals surface area contributed by atoms with Crippen LogP contribution in [0.15, 0.2) is 47.4 Å². The summed E-state index contributed by atoms with van der Waals surface area (Å²) in [6, 6.07) is 11.0. The molecule has 1 fully saturated rings. The van der Waals surface area contributed by atoms with Gasteiger partial charge >= 0.3 is 0 Å². The van der Waals surface area contributed by atoms with E-state index < -0.39 is 14.9 Å². The quantitative estimate of drug-likeness (QED) is 0.558. The Morgan fingerprint density at radius 1 is 1.20 bits per heavy atom. The van der Waals surface area contributed by atoms with Gasteiger partial charge in [0.25, 0.3) is 11.6 Å². The highest BCUT2D eigenvalue weighted by Crippen LogP contribution is 2.23. The molecule has 1 atom stereocenters. The predicted octanol–water partition coefficient (Wildman–Crippen LogP) is 3.04. The SMILES string of the molecule is Cc1ccc(S(=O)(=O)NCC2CCCN(C(=O)c3ccc([N+](=O)[O-])c(C)c3)C2)cc1. The summed E-state index contributed by atoms with van der Waals surface area (Å²) in [6.45, 7) is 4.76. The van der Waals surface area contributed by atoms with Gasteiger partial charge in [0.15, 0.2) is 0 Å². The first-order chi connectivity index (χ1) is 14.2. The topological polar surface area (TPSA) is 110 Å². The van der Waals surface area contributed by atoms with E-state index in [4.69, 9.17) is 0 Å². The molecule has 1 saturated heterocycles. The molecule has 2 aromatic carbocycles. The minimum absolute atomic E-state index is 0.00192. The molecule has 2 aromatic rings. The van der Waals surface area contributed by atoms with E-state index in [0.717, 1.165) is 18.4 Å². The molecule has 1 aliphatic rings. The van der Waals surface area contributed by atoms with Crippen LogP contribution in [0.25, 0.3) is 0 Å². The van der Waals surface area contributed by atoms with Crippen molar-refractivity contribution in [2.45, 2.75) is 31.6 Å². The van der Waals surface area contributed by atoms with E-state index in [1.807, 2.05) is 6.92 Å². The molecule has 1 heterocycles. The number of piperidine rings is 1. The molecule has 0 aromatic heterocycles. The number of nitrogens with zero attached hydrogens (tertiary/aromatic N) is 2. The third kappa shape index (κ3) is 5.03. The number of sulfonamides is 1. The van der Waals surface area contributed by atoms with Crippen LogP contribution < -0.4 is 4.72 Å². The van der Waals surface area contributed by atoms with Gasteiger partial charge in [-0.2, -0.15) is 0 Å². The largest absolute Gasteiger partial charge is 0.338 e. The third-order valence-electron chi connectivity index (χ3n) is 5.34. The maximum Gasteiger partial charge on any atom is 0.272 e. The third-order valence-corrected chi connectivity index (χ3v) is 6.78. The number of hydrogen-bond acceptors (Lipinski definition) is 5. The number of likely N-dealkylation sites (tertiary alicyclic amines) is 1. The molecule has 0 radical (unpaired) electrons. The lowest BCUT2D eigenvalue weighted by Crippen LogP contribution is -2.43. The maximum atomic E-state index is 12.9. The van der Waals surface area contributed by atoms with E-state index in [0.29, 0.717) is 24.2 Å². The predicted molar refractivity (Wildman–Crippen MR) is 113 cm³/mol. The second-order valence-corrected chi connectivity index (χ2v) is 9.45. The van der Waals surface area contributed by atoms with E-state index in [1.54, 1.807) is 36.1 Å². The maximum absolute atomic E-state index is 12.9. The molecule has 1 amide bonds. The molecule has 1 unspecified atom stereocenters. The number of hydrogen-bond donors (Lipinski definition) is 1. The zero-order valence-corrected chi connectivity index (χ0v) is 17.8. The fourth-order valence-corrected chi connectivity index (χ4v) is 4.74. The van der Waals surface area contributed by atoms with Gasteiger partial charge in [0, 0.05) is 36.8 Å². The van der Waals surface area contributed by atoms with Crippen molar-refractivity contribution in [2.75, 3.05) is 19.6 Å². The minimum Gasteiger partial charge on any atom is -0.338 e. The summed E-state index contributed by atoms with van der Waals surface area (Å²) in [7, 11) is -3.60. The summed E-state index contributed by atoms with van der Waals surface area (Å²) >= 11 is 0. The highest BCUT2D eigenvalue weighted by atomic mass is 32.2. The zero-order valence-electron chi connectivity index (χ0n) is 17.0. The van der Waals surface area contributed by atoms with Gasteiger partial charge in [-0.25, -0.2) is 13.1 Å². The normalized spacial score (nSPS) is 17.0. The molecule has 160 valence electrons. The van der Waals surface area contributed by atoms with Crippen LogP contribution in [-0.4, -0.2) is 43.8 Å². The van der Waals surface area contributed by atoms with Gasteiger partial charge in [-0.15, -0.1) is 0 Å². The zero-order chi connectivity index (χ0) is 21.9. The number of rotatable bonds is 6. The van der Waals surface area contributed by atoms with Crippen molar-refractivity contribution in [1.29, 1.82) is 0 Å². The Balaban J connectivity index is 1.64. The Hall–Kier alpha value is -2.78. The van der Waals surface area contributed by atoms with Gasteiger partial charge < -0.3 is 4.90 Å². The van der Waals surface area contributed by atoms with E-state index >= 15 is 0 Å². The first-order valence-electron chi connectivity index (χ1n) is 9.78. The number of nitro groups is 1. The standard InChI is InChI=1S/C21H25N3O5S/c1-15-5-8-19(9-6-15)30(28,29)22-13-17-4-3-11-23(14-17)21(25)18-7-10-20(24(26)27)16(2)12-18/h5-10,12,17,22H,3-4,11,13-14H2,1-2H3. The lowest BCUT2D eigenvalue weighted by atomic mass is 9.97. The van der Waals surface area contributed by atoms with Crippen LogP contribution in [0.3, 0.4) is 0 Å². The Morgan fingerprint density at radius 2 is 1.90 bits per heavy atom. The molecule has 0 aliphatic carbocycles. The lowest BCUT2D eigenvalue weighted by molar-refractivity contribution is -0.385. The van der Waals surface area contributed by atoms with E-state index in [2.05, 4.69) is 4.72 Å². The smallest absolute Gasteiger partial charge is 0.272 e. The molecule has 1 aliphatic heterocycles. The molecule has 30 heavy (non-hydrogen) atoms. The Bertz CT molecular complexity index is 1050. The van der Waals surface area contributed by atoms with Crippen LogP contribution in [0.2, 0.25) is 0 Å². The molecular weight excluding hydrogens is 406 g/mol. The van der Waals surface area contributed by atoms with Gasteiger partial charge in [0.2, 0.25) is 10.0 Å². The molecule has 8 nitrogen and oxygen atoms in total. The van der Waals surface area contributed by atoms with Crippen molar-refractivity contribution in [3.63, 3.8) is 0 Å². The summed E-state index contributed by atoms with van der Waals surface area (Å²) in [5.41, 5.74) is 1.80. The van der Waals surface area contributed by atoms with Gasteiger partial charge in [0.1, 0.15) is 0 Å². The summed E-state index contributed by atoms with van der Waals surface area (Å²) in [6.07, 6.45) is 1.59. The highest BCUT2D eigenvalue weighted by molar-refractivity contribution is 7.89. The number of carbonyl (C=O) groups excluding carboxylic acids is 1. The van der Waals surface area contributed by atoms with Crippen molar-refractivity contribution in [1.82, 2.24) is 9.62 Å². The summed E-state index contributed by atoms with van der Waals surface area (Å²) in [4.78, 5) is 25.3.